The fourth-order valence-electron chi connectivity index (χ4n) is 2.46. The topological polar surface area (TPSA) is 55.6 Å². The number of nitrogens with two attached hydrogens (primary N) is 1. The van der Waals surface area contributed by atoms with Gasteiger partial charge in [-0.3, -0.25) is 4.79 Å². The molecule has 1 atom stereocenters. The minimum atomic E-state index is 0.280. The number of likely N-dealkylation sites (tertiary alicyclic amines) is 1. The van der Waals surface area contributed by atoms with E-state index in [2.05, 4.69) is 0 Å². The zero-order valence-corrected chi connectivity index (χ0v) is 9.86. The van der Waals surface area contributed by atoms with Gasteiger partial charge in [0, 0.05) is 32.2 Å². The second-order valence-corrected chi connectivity index (χ2v) is 4.89. The number of rotatable bonds is 3. The molecule has 0 bridgehead atoms. The van der Waals surface area contributed by atoms with Crippen LogP contribution in [0.2, 0.25) is 0 Å². The average Bonchev–Trinajstić information content (AvgIpc) is 2.80. The monoisotopic (exact) mass is 226 g/mol. The standard InChI is InChI=1S/C12H22N2O2/c13-10-5-7-14(8-6-10)12(15)4-3-11-2-1-9-16-11/h10-11H,1-9,13H2. The van der Waals surface area contributed by atoms with Crippen LogP contribution in [0.25, 0.3) is 0 Å². The first-order valence-corrected chi connectivity index (χ1v) is 6.40. The Bertz CT molecular complexity index is 231. The van der Waals surface area contributed by atoms with Crippen LogP contribution in [0.3, 0.4) is 0 Å². The molecule has 4 nitrogen and oxygen atoms in total. The van der Waals surface area contributed by atoms with Gasteiger partial charge >= 0.3 is 0 Å². The largest absolute Gasteiger partial charge is 0.378 e. The SMILES string of the molecule is NC1CCN(C(=O)CCC2CCCO2)CC1. The Labute approximate surface area is 97.1 Å². The van der Waals surface area contributed by atoms with Gasteiger partial charge < -0.3 is 15.4 Å². The second-order valence-electron chi connectivity index (χ2n) is 4.89. The fraction of sp³-hybridized carbons (Fsp3) is 0.917. The van der Waals surface area contributed by atoms with Gasteiger partial charge in [0.05, 0.1) is 6.10 Å². The summed E-state index contributed by atoms with van der Waals surface area (Å²) in [5.41, 5.74) is 5.81. The van der Waals surface area contributed by atoms with Gasteiger partial charge in [0.1, 0.15) is 0 Å². The Hall–Kier alpha value is -0.610. The predicted octanol–water partition coefficient (Wildman–Crippen LogP) is 0.895. The Balaban J connectivity index is 1.67. The van der Waals surface area contributed by atoms with Crippen molar-refractivity contribution in [2.45, 2.75) is 50.7 Å². The maximum atomic E-state index is 11.9. The summed E-state index contributed by atoms with van der Waals surface area (Å²) >= 11 is 0. The summed E-state index contributed by atoms with van der Waals surface area (Å²) in [7, 11) is 0. The van der Waals surface area contributed by atoms with Crippen molar-refractivity contribution >= 4 is 5.91 Å². The quantitative estimate of drug-likeness (QED) is 0.777. The van der Waals surface area contributed by atoms with Crippen molar-refractivity contribution in [1.29, 1.82) is 0 Å². The number of carbonyl (C=O) groups excluding carboxylic acids is 1. The first-order chi connectivity index (χ1) is 7.75. The second kappa shape index (κ2) is 5.64. The number of hydrogen-bond acceptors (Lipinski definition) is 3. The van der Waals surface area contributed by atoms with E-state index >= 15 is 0 Å². The van der Waals surface area contributed by atoms with Crippen LogP contribution < -0.4 is 5.73 Å². The summed E-state index contributed by atoms with van der Waals surface area (Å²) in [4.78, 5) is 13.8. The van der Waals surface area contributed by atoms with Gasteiger partial charge in [0.15, 0.2) is 0 Å². The molecule has 0 aromatic carbocycles. The van der Waals surface area contributed by atoms with Crippen molar-refractivity contribution in [3.05, 3.63) is 0 Å². The lowest BCUT2D eigenvalue weighted by atomic mass is 10.0. The lowest BCUT2D eigenvalue weighted by molar-refractivity contribution is -0.132. The van der Waals surface area contributed by atoms with E-state index in [0.717, 1.165) is 51.8 Å². The molecule has 2 heterocycles. The van der Waals surface area contributed by atoms with E-state index in [1.54, 1.807) is 0 Å². The summed E-state index contributed by atoms with van der Waals surface area (Å²) in [5, 5.41) is 0. The summed E-state index contributed by atoms with van der Waals surface area (Å²) in [6.45, 7) is 2.55. The minimum Gasteiger partial charge on any atom is -0.378 e. The Morgan fingerprint density at radius 2 is 2.06 bits per heavy atom. The van der Waals surface area contributed by atoms with E-state index in [4.69, 9.17) is 10.5 Å². The van der Waals surface area contributed by atoms with Crippen molar-refractivity contribution in [2.24, 2.45) is 5.73 Å². The molecule has 16 heavy (non-hydrogen) atoms. The Morgan fingerprint density at radius 1 is 1.31 bits per heavy atom. The summed E-state index contributed by atoms with van der Waals surface area (Å²) in [6.07, 6.45) is 6.03. The van der Waals surface area contributed by atoms with Gasteiger partial charge in [0.25, 0.3) is 0 Å². The van der Waals surface area contributed by atoms with Crippen molar-refractivity contribution < 1.29 is 9.53 Å². The van der Waals surface area contributed by atoms with E-state index in [9.17, 15) is 4.79 Å². The van der Waals surface area contributed by atoms with Crippen molar-refractivity contribution in [3.8, 4) is 0 Å². The molecule has 1 amide bonds. The molecular weight excluding hydrogens is 204 g/mol. The third-order valence-corrected chi connectivity index (χ3v) is 3.60. The van der Waals surface area contributed by atoms with Gasteiger partial charge in [-0.1, -0.05) is 0 Å². The molecule has 0 aliphatic carbocycles. The lowest BCUT2D eigenvalue weighted by Gasteiger charge is -2.30. The number of ether oxygens (including phenoxy) is 1. The van der Waals surface area contributed by atoms with Crippen LogP contribution in [0, 0.1) is 0 Å². The van der Waals surface area contributed by atoms with Crippen molar-refractivity contribution in [2.75, 3.05) is 19.7 Å². The number of amides is 1. The summed E-state index contributed by atoms with van der Waals surface area (Å²) in [6, 6.07) is 0.294. The van der Waals surface area contributed by atoms with Gasteiger partial charge in [-0.2, -0.15) is 0 Å². The molecule has 2 fully saturated rings. The van der Waals surface area contributed by atoms with Gasteiger partial charge in [-0.15, -0.1) is 0 Å². The van der Waals surface area contributed by atoms with Crippen LogP contribution in [-0.2, 0) is 9.53 Å². The zero-order chi connectivity index (χ0) is 11.4. The van der Waals surface area contributed by atoms with Crippen LogP contribution in [0.15, 0.2) is 0 Å². The van der Waals surface area contributed by atoms with Crippen LogP contribution >= 0.6 is 0 Å². The van der Waals surface area contributed by atoms with Crippen LogP contribution in [-0.4, -0.2) is 42.6 Å². The number of nitrogens with zero attached hydrogens (tertiary/aromatic N) is 1. The normalized spacial score (nSPS) is 27.3. The fourth-order valence-corrected chi connectivity index (χ4v) is 2.46. The van der Waals surface area contributed by atoms with E-state index in [0.29, 0.717) is 18.6 Å². The first kappa shape index (κ1) is 11.9. The molecule has 2 N–H and O–H groups in total. The third kappa shape index (κ3) is 3.19. The number of carbonyl (C=O) groups is 1. The predicted molar refractivity (Wildman–Crippen MR) is 62.0 cm³/mol. The van der Waals surface area contributed by atoms with Gasteiger partial charge in [-0.05, 0) is 32.1 Å². The molecular formula is C12H22N2O2. The van der Waals surface area contributed by atoms with E-state index < -0.39 is 0 Å². The average molecular weight is 226 g/mol. The molecule has 2 saturated heterocycles. The number of hydrogen-bond donors (Lipinski definition) is 1. The molecule has 2 aliphatic heterocycles. The van der Waals surface area contributed by atoms with Crippen molar-refractivity contribution in [3.63, 3.8) is 0 Å². The highest BCUT2D eigenvalue weighted by Crippen LogP contribution is 2.18. The summed E-state index contributed by atoms with van der Waals surface area (Å²) < 4.78 is 5.52. The van der Waals surface area contributed by atoms with E-state index in [1.165, 1.54) is 0 Å². The smallest absolute Gasteiger partial charge is 0.222 e. The highest BCUT2D eigenvalue weighted by Gasteiger charge is 2.22. The molecule has 0 spiro atoms. The third-order valence-electron chi connectivity index (χ3n) is 3.60. The molecule has 2 rings (SSSR count). The highest BCUT2D eigenvalue weighted by molar-refractivity contribution is 5.76. The van der Waals surface area contributed by atoms with Crippen LogP contribution in [0.5, 0.6) is 0 Å². The van der Waals surface area contributed by atoms with E-state index in [1.807, 2.05) is 4.90 Å². The lowest BCUT2D eigenvalue weighted by Crippen LogP contribution is -2.42. The summed E-state index contributed by atoms with van der Waals surface area (Å²) in [5.74, 6) is 0.280. The van der Waals surface area contributed by atoms with Crippen LogP contribution in [0.4, 0.5) is 0 Å². The molecule has 92 valence electrons. The molecule has 4 heteroatoms. The molecule has 1 unspecified atom stereocenters. The first-order valence-electron chi connectivity index (χ1n) is 6.40. The number of piperidine rings is 1. The van der Waals surface area contributed by atoms with Gasteiger partial charge in [-0.25, -0.2) is 0 Å². The molecule has 0 radical (unpaired) electrons. The highest BCUT2D eigenvalue weighted by atomic mass is 16.5. The molecule has 2 aliphatic rings. The van der Waals surface area contributed by atoms with E-state index in [-0.39, 0.29) is 5.91 Å². The Morgan fingerprint density at radius 3 is 2.69 bits per heavy atom. The molecule has 0 saturated carbocycles. The zero-order valence-electron chi connectivity index (χ0n) is 9.86. The maximum Gasteiger partial charge on any atom is 0.222 e. The minimum absolute atomic E-state index is 0.280. The van der Waals surface area contributed by atoms with Gasteiger partial charge in [0.2, 0.25) is 5.91 Å². The maximum absolute atomic E-state index is 11.9. The molecule has 0 aromatic heterocycles. The molecule has 0 aromatic rings. The van der Waals surface area contributed by atoms with Crippen LogP contribution in [0.1, 0.15) is 38.5 Å². The Kier molecular flexibility index (Phi) is 4.18. The van der Waals surface area contributed by atoms with Crippen molar-refractivity contribution in [1.82, 2.24) is 4.90 Å².